The van der Waals surface area contributed by atoms with E-state index in [-0.39, 0.29) is 0 Å². The molecule has 3 rings (SSSR count). The highest BCUT2D eigenvalue weighted by atomic mass is 16.5. The van der Waals surface area contributed by atoms with E-state index in [0.29, 0.717) is 23.9 Å². The number of nitrogens with zero attached hydrogens (tertiary/aromatic N) is 3. The zero-order valence-electron chi connectivity index (χ0n) is 14.4. The minimum Gasteiger partial charge on any atom is -0.497 e. The van der Waals surface area contributed by atoms with E-state index in [1.54, 1.807) is 25.4 Å². The van der Waals surface area contributed by atoms with Crippen molar-refractivity contribution in [1.29, 1.82) is 5.26 Å². The first-order valence-corrected chi connectivity index (χ1v) is 8.24. The Morgan fingerprint density at radius 2 is 2.00 bits per heavy atom. The first-order chi connectivity index (χ1) is 12.8. The summed E-state index contributed by atoms with van der Waals surface area (Å²) in [6.07, 6.45) is 2.51. The lowest BCUT2D eigenvalue weighted by molar-refractivity contribution is 0.414. The van der Waals surface area contributed by atoms with Crippen molar-refractivity contribution in [2.45, 2.75) is 6.42 Å². The van der Waals surface area contributed by atoms with Gasteiger partial charge in [0.15, 0.2) is 0 Å². The van der Waals surface area contributed by atoms with Gasteiger partial charge < -0.3 is 15.4 Å². The number of nitrogens with one attached hydrogen (secondary N) is 2. The van der Waals surface area contributed by atoms with E-state index >= 15 is 0 Å². The number of ether oxygens (including phenoxy) is 1. The molecule has 130 valence electrons. The second kappa shape index (κ2) is 8.49. The van der Waals surface area contributed by atoms with Gasteiger partial charge in [0, 0.05) is 12.7 Å². The van der Waals surface area contributed by atoms with Crippen LogP contribution in [0.1, 0.15) is 11.1 Å². The van der Waals surface area contributed by atoms with Gasteiger partial charge in [0.05, 0.1) is 18.4 Å². The van der Waals surface area contributed by atoms with Crippen LogP contribution in [0.5, 0.6) is 5.75 Å². The van der Waals surface area contributed by atoms with Crippen LogP contribution in [-0.4, -0.2) is 23.6 Å². The van der Waals surface area contributed by atoms with E-state index < -0.39 is 0 Å². The molecule has 0 bridgehead atoms. The fourth-order valence-electron chi connectivity index (χ4n) is 2.49. The van der Waals surface area contributed by atoms with Gasteiger partial charge in [0.25, 0.3) is 0 Å². The molecule has 0 fully saturated rings. The quantitative estimate of drug-likeness (QED) is 0.678. The molecule has 0 saturated carbocycles. The predicted octanol–water partition coefficient (Wildman–Crippen LogP) is 3.76. The molecule has 6 heteroatoms. The molecule has 2 aromatic carbocycles. The molecule has 0 atom stereocenters. The van der Waals surface area contributed by atoms with Crippen LogP contribution in [0.15, 0.2) is 60.8 Å². The second-order valence-corrected chi connectivity index (χ2v) is 5.58. The fourth-order valence-corrected chi connectivity index (χ4v) is 2.49. The summed E-state index contributed by atoms with van der Waals surface area (Å²) < 4.78 is 5.23. The van der Waals surface area contributed by atoms with Crippen molar-refractivity contribution in [3.05, 3.63) is 71.9 Å². The van der Waals surface area contributed by atoms with Crippen LogP contribution in [0.3, 0.4) is 0 Å². The van der Waals surface area contributed by atoms with Crippen molar-refractivity contribution in [2.24, 2.45) is 0 Å². The van der Waals surface area contributed by atoms with Gasteiger partial charge >= 0.3 is 0 Å². The maximum absolute atomic E-state index is 9.17. The fraction of sp³-hybridized carbons (Fsp3) is 0.150. The van der Waals surface area contributed by atoms with E-state index in [9.17, 15) is 0 Å². The first kappa shape index (κ1) is 17.2. The third-order valence-corrected chi connectivity index (χ3v) is 3.80. The molecule has 0 aliphatic carbocycles. The van der Waals surface area contributed by atoms with Crippen molar-refractivity contribution in [3.8, 4) is 11.8 Å². The van der Waals surface area contributed by atoms with Gasteiger partial charge in [-0.15, -0.1) is 0 Å². The van der Waals surface area contributed by atoms with Gasteiger partial charge in [-0.3, -0.25) is 0 Å². The number of nitriles is 1. The van der Waals surface area contributed by atoms with Crippen LogP contribution in [0.2, 0.25) is 0 Å². The Balaban J connectivity index is 1.61. The van der Waals surface area contributed by atoms with Crippen LogP contribution in [0.25, 0.3) is 0 Å². The molecule has 1 aromatic heterocycles. The van der Waals surface area contributed by atoms with Crippen molar-refractivity contribution in [3.63, 3.8) is 0 Å². The van der Waals surface area contributed by atoms with E-state index in [0.717, 1.165) is 17.9 Å². The van der Waals surface area contributed by atoms with Crippen LogP contribution in [0.4, 0.5) is 17.5 Å². The van der Waals surface area contributed by atoms with Crippen molar-refractivity contribution >= 4 is 17.5 Å². The molecule has 0 aliphatic heterocycles. The van der Waals surface area contributed by atoms with E-state index in [2.05, 4.69) is 32.7 Å². The number of aromatic nitrogens is 2. The molecule has 3 aromatic rings. The van der Waals surface area contributed by atoms with Crippen molar-refractivity contribution in [2.75, 3.05) is 24.3 Å². The average Bonchev–Trinajstić information content (AvgIpc) is 2.69. The zero-order chi connectivity index (χ0) is 18.2. The maximum atomic E-state index is 9.17. The summed E-state index contributed by atoms with van der Waals surface area (Å²) in [5.74, 6) is 2.01. The summed E-state index contributed by atoms with van der Waals surface area (Å²) in [4.78, 5) is 8.68. The Kier molecular flexibility index (Phi) is 5.63. The summed E-state index contributed by atoms with van der Waals surface area (Å²) in [6, 6.07) is 19.2. The summed E-state index contributed by atoms with van der Waals surface area (Å²) >= 11 is 0. The molecule has 0 aliphatic rings. The van der Waals surface area contributed by atoms with Crippen LogP contribution in [-0.2, 0) is 6.42 Å². The standard InChI is InChI=1S/C20H19N5O/c1-26-17-7-4-5-15(13-17)9-11-22-20-23-12-10-19(25-20)24-18-8-3-2-6-16(18)14-21/h2-8,10,12-13H,9,11H2,1H3,(H2,22,23,24,25). The number of benzene rings is 2. The van der Waals surface area contributed by atoms with E-state index in [4.69, 9.17) is 10.00 Å². The van der Waals surface area contributed by atoms with Gasteiger partial charge in [-0.2, -0.15) is 10.2 Å². The van der Waals surface area contributed by atoms with Crippen molar-refractivity contribution < 1.29 is 4.74 Å². The predicted molar refractivity (Wildman–Crippen MR) is 102 cm³/mol. The van der Waals surface area contributed by atoms with Crippen molar-refractivity contribution in [1.82, 2.24) is 9.97 Å². The van der Waals surface area contributed by atoms with E-state index in [1.165, 1.54) is 5.56 Å². The van der Waals surface area contributed by atoms with Gasteiger partial charge in [0.2, 0.25) is 5.95 Å². The molecule has 26 heavy (non-hydrogen) atoms. The molecule has 0 radical (unpaired) electrons. The maximum Gasteiger partial charge on any atom is 0.224 e. The normalized spacial score (nSPS) is 10.0. The number of hydrogen-bond acceptors (Lipinski definition) is 6. The molecule has 6 nitrogen and oxygen atoms in total. The topological polar surface area (TPSA) is 82.9 Å². The molecule has 0 saturated heterocycles. The summed E-state index contributed by atoms with van der Waals surface area (Å²) in [5, 5.41) is 15.5. The van der Waals surface area contributed by atoms with Gasteiger partial charge in [-0.1, -0.05) is 24.3 Å². The van der Waals surface area contributed by atoms with E-state index in [1.807, 2.05) is 36.4 Å². The van der Waals surface area contributed by atoms with Crippen LogP contribution in [0, 0.1) is 11.3 Å². The third kappa shape index (κ3) is 4.48. The highest BCUT2D eigenvalue weighted by Crippen LogP contribution is 2.19. The highest BCUT2D eigenvalue weighted by Gasteiger charge is 2.04. The van der Waals surface area contributed by atoms with Gasteiger partial charge in [0.1, 0.15) is 17.6 Å². The molecule has 0 amide bonds. The number of methoxy groups -OCH3 is 1. The highest BCUT2D eigenvalue weighted by molar-refractivity contribution is 5.64. The lowest BCUT2D eigenvalue weighted by Crippen LogP contribution is -2.09. The second-order valence-electron chi connectivity index (χ2n) is 5.58. The molecule has 1 heterocycles. The Bertz CT molecular complexity index is 920. The Hall–Kier alpha value is -3.59. The monoisotopic (exact) mass is 345 g/mol. The Morgan fingerprint density at radius 1 is 1.12 bits per heavy atom. The Morgan fingerprint density at radius 3 is 2.85 bits per heavy atom. The number of hydrogen-bond donors (Lipinski definition) is 2. The summed E-state index contributed by atoms with van der Waals surface area (Å²) in [6.45, 7) is 0.700. The molecular weight excluding hydrogens is 326 g/mol. The number of rotatable bonds is 7. The molecule has 0 unspecified atom stereocenters. The molecular formula is C20H19N5O. The van der Waals surface area contributed by atoms with Crippen LogP contribution >= 0.6 is 0 Å². The zero-order valence-corrected chi connectivity index (χ0v) is 14.4. The third-order valence-electron chi connectivity index (χ3n) is 3.80. The largest absolute Gasteiger partial charge is 0.497 e. The smallest absolute Gasteiger partial charge is 0.224 e. The minimum atomic E-state index is 0.535. The Labute approximate surface area is 152 Å². The molecule has 0 spiro atoms. The first-order valence-electron chi connectivity index (χ1n) is 8.24. The van der Waals surface area contributed by atoms with Gasteiger partial charge in [-0.05, 0) is 42.3 Å². The SMILES string of the molecule is COc1cccc(CCNc2nccc(Nc3ccccc3C#N)n2)c1. The number of para-hydroxylation sites is 1. The van der Waals surface area contributed by atoms with Crippen LogP contribution < -0.4 is 15.4 Å². The average molecular weight is 345 g/mol. The lowest BCUT2D eigenvalue weighted by Gasteiger charge is -2.09. The summed E-state index contributed by atoms with van der Waals surface area (Å²) in [5.41, 5.74) is 2.46. The van der Waals surface area contributed by atoms with Gasteiger partial charge in [-0.25, -0.2) is 4.98 Å². The molecule has 2 N–H and O–H groups in total. The minimum absolute atomic E-state index is 0.535. The lowest BCUT2D eigenvalue weighted by atomic mass is 10.1. The number of anilines is 3. The summed E-state index contributed by atoms with van der Waals surface area (Å²) in [7, 11) is 1.66.